The van der Waals surface area contributed by atoms with Gasteiger partial charge >= 0.3 is 0 Å². The number of aryl methyl sites for hydroxylation is 2. The van der Waals surface area contributed by atoms with Crippen molar-refractivity contribution in [2.45, 2.75) is 56.5 Å². The van der Waals surface area contributed by atoms with Crippen molar-refractivity contribution in [3.63, 3.8) is 0 Å². The third-order valence-corrected chi connectivity index (χ3v) is 6.41. The molecule has 0 fully saturated rings. The molecule has 4 rings (SSSR count). The average Bonchev–Trinajstić information content (AvgIpc) is 3.35. The molecular weight excluding hydrogens is 380 g/mol. The quantitative estimate of drug-likeness (QED) is 0.587. The topological polar surface area (TPSA) is 59.8 Å². The van der Waals surface area contributed by atoms with E-state index >= 15 is 0 Å². The number of hydrogen-bond acceptors (Lipinski definition) is 4. The zero-order valence-corrected chi connectivity index (χ0v) is 17.7. The summed E-state index contributed by atoms with van der Waals surface area (Å²) in [5.41, 5.74) is 4.85. The molecule has 1 atom stereocenters. The van der Waals surface area contributed by atoms with E-state index in [1.165, 1.54) is 34.9 Å². The van der Waals surface area contributed by atoms with Crippen LogP contribution in [0, 0.1) is 0 Å². The lowest BCUT2D eigenvalue weighted by Crippen LogP contribution is -2.23. The SMILES string of the molecule is CCn1c(Cc2ccccc2)nnc1S[C@H](C)C(=O)Nc1ccc2c(c1)CCC2. The fourth-order valence-electron chi connectivity index (χ4n) is 3.74. The van der Waals surface area contributed by atoms with Crippen LogP contribution in [-0.4, -0.2) is 25.9 Å². The maximum Gasteiger partial charge on any atom is 0.237 e. The summed E-state index contributed by atoms with van der Waals surface area (Å²) in [5, 5.41) is 12.3. The summed E-state index contributed by atoms with van der Waals surface area (Å²) in [6.45, 7) is 4.77. The van der Waals surface area contributed by atoms with E-state index in [0.717, 1.165) is 42.5 Å². The summed E-state index contributed by atoms with van der Waals surface area (Å²) in [7, 11) is 0. The fourth-order valence-corrected chi connectivity index (χ4v) is 4.67. The van der Waals surface area contributed by atoms with E-state index in [0.29, 0.717) is 0 Å². The number of carbonyl (C=O) groups is 1. The van der Waals surface area contributed by atoms with Crippen molar-refractivity contribution in [1.82, 2.24) is 14.8 Å². The van der Waals surface area contributed by atoms with Crippen molar-refractivity contribution in [3.8, 4) is 0 Å². The lowest BCUT2D eigenvalue weighted by molar-refractivity contribution is -0.115. The number of rotatable bonds is 7. The highest BCUT2D eigenvalue weighted by Crippen LogP contribution is 2.27. The Bertz CT molecular complexity index is 999. The molecule has 6 heteroatoms. The first-order chi connectivity index (χ1) is 14.1. The van der Waals surface area contributed by atoms with Gasteiger partial charge in [0.1, 0.15) is 5.82 Å². The van der Waals surface area contributed by atoms with Crippen molar-refractivity contribution in [2.24, 2.45) is 0 Å². The molecule has 1 heterocycles. The third-order valence-electron chi connectivity index (χ3n) is 5.33. The number of amides is 1. The van der Waals surface area contributed by atoms with Gasteiger partial charge in [-0.3, -0.25) is 4.79 Å². The third kappa shape index (κ3) is 4.53. The van der Waals surface area contributed by atoms with Gasteiger partial charge in [0.2, 0.25) is 5.91 Å². The van der Waals surface area contributed by atoms with Crippen molar-refractivity contribution in [3.05, 3.63) is 71.0 Å². The predicted octanol–water partition coefficient (Wildman–Crippen LogP) is 4.50. The summed E-state index contributed by atoms with van der Waals surface area (Å²) in [4.78, 5) is 12.7. The van der Waals surface area contributed by atoms with Gasteiger partial charge in [0.05, 0.1) is 5.25 Å². The summed E-state index contributed by atoms with van der Waals surface area (Å²) < 4.78 is 2.09. The number of hydrogen-bond donors (Lipinski definition) is 1. The van der Waals surface area contributed by atoms with Gasteiger partial charge in [0, 0.05) is 18.7 Å². The van der Waals surface area contributed by atoms with Gasteiger partial charge in [0.15, 0.2) is 5.16 Å². The largest absolute Gasteiger partial charge is 0.325 e. The minimum Gasteiger partial charge on any atom is -0.325 e. The molecule has 0 saturated carbocycles. The lowest BCUT2D eigenvalue weighted by atomic mass is 10.1. The first kappa shape index (κ1) is 19.7. The highest BCUT2D eigenvalue weighted by Gasteiger charge is 2.20. The molecule has 3 aromatic rings. The molecule has 1 amide bonds. The molecule has 1 aliphatic rings. The molecule has 2 aromatic carbocycles. The molecule has 1 N–H and O–H groups in total. The minimum absolute atomic E-state index is 0.0109. The number of anilines is 1. The second-order valence-corrected chi connectivity index (χ2v) is 8.70. The van der Waals surface area contributed by atoms with Gasteiger partial charge in [-0.1, -0.05) is 48.2 Å². The van der Waals surface area contributed by atoms with Gasteiger partial charge in [0.25, 0.3) is 0 Å². The number of carbonyl (C=O) groups excluding carboxylic acids is 1. The molecule has 0 unspecified atom stereocenters. The standard InChI is InChI=1S/C23H26N4OS/c1-3-27-21(14-17-8-5-4-6-9-17)25-26-23(27)29-16(2)22(28)24-20-13-12-18-10-7-11-19(18)15-20/h4-6,8-9,12-13,15-16H,3,7,10-11,14H2,1-2H3,(H,24,28)/t16-/m1/s1. The summed E-state index contributed by atoms with van der Waals surface area (Å²) in [6, 6.07) is 16.5. The second kappa shape index (κ2) is 8.82. The highest BCUT2D eigenvalue weighted by molar-refractivity contribution is 8.00. The van der Waals surface area contributed by atoms with E-state index in [1.54, 1.807) is 0 Å². The van der Waals surface area contributed by atoms with Gasteiger partial charge in [-0.25, -0.2) is 0 Å². The van der Waals surface area contributed by atoms with Crippen LogP contribution in [-0.2, 0) is 30.6 Å². The molecule has 5 nitrogen and oxygen atoms in total. The first-order valence-corrected chi connectivity index (χ1v) is 11.1. The summed E-state index contributed by atoms with van der Waals surface area (Å²) in [5.74, 6) is 0.913. The van der Waals surface area contributed by atoms with E-state index in [9.17, 15) is 4.79 Å². The summed E-state index contributed by atoms with van der Waals surface area (Å²) in [6.07, 6.45) is 4.19. The Morgan fingerprint density at radius 3 is 2.72 bits per heavy atom. The second-order valence-electron chi connectivity index (χ2n) is 7.39. The molecule has 0 radical (unpaired) electrons. The molecular formula is C23H26N4OS. The molecule has 0 saturated heterocycles. The molecule has 1 aromatic heterocycles. The first-order valence-electron chi connectivity index (χ1n) is 10.2. The number of nitrogens with zero attached hydrogens (tertiary/aromatic N) is 3. The smallest absolute Gasteiger partial charge is 0.237 e. The number of thioether (sulfide) groups is 1. The van der Waals surface area contributed by atoms with Crippen LogP contribution in [0.15, 0.2) is 53.7 Å². The van der Waals surface area contributed by atoms with Crippen molar-refractivity contribution in [2.75, 3.05) is 5.32 Å². The van der Waals surface area contributed by atoms with Crippen molar-refractivity contribution in [1.29, 1.82) is 0 Å². The monoisotopic (exact) mass is 406 g/mol. The zero-order valence-electron chi connectivity index (χ0n) is 16.9. The Morgan fingerprint density at radius 1 is 1.14 bits per heavy atom. The molecule has 150 valence electrons. The van der Waals surface area contributed by atoms with E-state index in [1.807, 2.05) is 31.2 Å². The predicted molar refractivity (Wildman–Crippen MR) is 117 cm³/mol. The van der Waals surface area contributed by atoms with Crippen LogP contribution in [0.5, 0.6) is 0 Å². The normalized spacial score (nSPS) is 13.9. The van der Waals surface area contributed by atoms with E-state index < -0.39 is 0 Å². The molecule has 29 heavy (non-hydrogen) atoms. The molecule has 0 bridgehead atoms. The maximum atomic E-state index is 12.7. The Balaban J connectivity index is 1.42. The van der Waals surface area contributed by atoms with Crippen LogP contribution in [0.25, 0.3) is 0 Å². The maximum absolute atomic E-state index is 12.7. The van der Waals surface area contributed by atoms with Crippen molar-refractivity contribution >= 4 is 23.4 Å². The van der Waals surface area contributed by atoms with E-state index in [2.05, 4.69) is 51.3 Å². The zero-order chi connectivity index (χ0) is 20.2. The Morgan fingerprint density at radius 2 is 1.93 bits per heavy atom. The van der Waals surface area contributed by atoms with E-state index in [4.69, 9.17) is 0 Å². The van der Waals surface area contributed by atoms with Crippen LogP contribution < -0.4 is 5.32 Å². The Kier molecular flexibility index (Phi) is 6.00. The van der Waals surface area contributed by atoms with Gasteiger partial charge < -0.3 is 9.88 Å². The van der Waals surface area contributed by atoms with Gasteiger partial charge in [-0.2, -0.15) is 0 Å². The van der Waals surface area contributed by atoms with Crippen LogP contribution in [0.3, 0.4) is 0 Å². The molecule has 1 aliphatic carbocycles. The van der Waals surface area contributed by atoms with Crippen molar-refractivity contribution < 1.29 is 4.79 Å². The summed E-state index contributed by atoms with van der Waals surface area (Å²) >= 11 is 1.46. The number of fused-ring (bicyclic) bond motifs is 1. The molecule has 0 spiro atoms. The van der Waals surface area contributed by atoms with Crippen LogP contribution in [0.1, 0.15) is 42.8 Å². The fraction of sp³-hybridized carbons (Fsp3) is 0.348. The number of aromatic nitrogens is 3. The van der Waals surface area contributed by atoms with Crippen LogP contribution in [0.2, 0.25) is 0 Å². The van der Waals surface area contributed by atoms with Crippen LogP contribution in [0.4, 0.5) is 5.69 Å². The number of nitrogens with one attached hydrogen (secondary N) is 1. The number of benzene rings is 2. The van der Waals surface area contributed by atoms with Gasteiger partial charge in [-0.05, 0) is 61.9 Å². The molecule has 0 aliphatic heterocycles. The Labute approximate surface area is 175 Å². The Hall–Kier alpha value is -2.60. The van der Waals surface area contributed by atoms with E-state index in [-0.39, 0.29) is 11.2 Å². The minimum atomic E-state index is -0.262. The van der Waals surface area contributed by atoms with Crippen LogP contribution >= 0.6 is 11.8 Å². The van der Waals surface area contributed by atoms with Gasteiger partial charge in [-0.15, -0.1) is 10.2 Å². The lowest BCUT2D eigenvalue weighted by Gasteiger charge is -2.13. The average molecular weight is 407 g/mol. The highest BCUT2D eigenvalue weighted by atomic mass is 32.2.